The molecule has 0 unspecified atom stereocenters. The van der Waals surface area contributed by atoms with E-state index < -0.39 is 12.1 Å². The summed E-state index contributed by atoms with van der Waals surface area (Å²) in [6.07, 6.45) is -1.38. The first-order valence-corrected chi connectivity index (χ1v) is 2.55. The second-order valence-electron chi connectivity index (χ2n) is 1.81. The van der Waals surface area contributed by atoms with Crippen LogP contribution in [0.25, 0.3) is 0 Å². The van der Waals surface area contributed by atoms with Gasteiger partial charge in [0.25, 0.3) is 6.43 Å². The predicted octanol–water partition coefficient (Wildman–Crippen LogP) is 0.134. The quantitative estimate of drug-likeness (QED) is 0.525. The van der Waals surface area contributed by atoms with Crippen LogP contribution in [0.2, 0.25) is 0 Å². The van der Waals surface area contributed by atoms with Crippen LogP contribution in [0.15, 0.2) is 17.0 Å². The smallest absolute Gasteiger partial charge is 0.288 e. The van der Waals surface area contributed by atoms with Crippen molar-refractivity contribution in [3.05, 3.63) is 11.9 Å². The molecule has 0 aromatic carbocycles. The molecule has 5 heteroatoms. The van der Waals surface area contributed by atoms with Crippen LogP contribution >= 0.6 is 0 Å². The first-order chi connectivity index (χ1) is 4.61. The number of allylic oxidation sites excluding steroid dienone is 1. The molecule has 0 spiro atoms. The van der Waals surface area contributed by atoms with E-state index in [1.165, 1.54) is 6.20 Å². The Kier molecular flexibility index (Phi) is 1.48. The van der Waals surface area contributed by atoms with Gasteiger partial charge < -0.3 is 5.73 Å². The molecule has 0 atom stereocenters. The lowest BCUT2D eigenvalue weighted by Gasteiger charge is -1.91. The van der Waals surface area contributed by atoms with Crippen LogP contribution in [0.3, 0.4) is 0 Å². The minimum absolute atomic E-state index is 0.0231. The summed E-state index contributed by atoms with van der Waals surface area (Å²) in [6.45, 7) is 3.28. The van der Waals surface area contributed by atoms with Gasteiger partial charge in [-0.2, -0.15) is 0 Å². The van der Waals surface area contributed by atoms with Crippen molar-refractivity contribution in [3.8, 4) is 0 Å². The highest BCUT2D eigenvalue weighted by atomic mass is 19.3. The minimum Gasteiger partial charge on any atom is -0.392 e. The maximum Gasteiger partial charge on any atom is 0.288 e. The van der Waals surface area contributed by atoms with Crippen LogP contribution in [-0.4, -0.2) is 23.5 Å². The van der Waals surface area contributed by atoms with E-state index in [9.17, 15) is 8.78 Å². The molecule has 54 valence electrons. The third-order valence-corrected chi connectivity index (χ3v) is 1.03. The van der Waals surface area contributed by atoms with Crippen LogP contribution in [-0.2, 0) is 0 Å². The fourth-order valence-electron chi connectivity index (χ4n) is 0.621. The van der Waals surface area contributed by atoms with Crippen LogP contribution in [0.5, 0.6) is 0 Å². The molecule has 2 N–H and O–H groups in total. The molecule has 0 aromatic heterocycles. The number of hydrogen-bond donors (Lipinski definition) is 1. The lowest BCUT2D eigenvalue weighted by atomic mass is 10.3. The van der Waals surface area contributed by atoms with Crippen molar-refractivity contribution in [2.45, 2.75) is 6.43 Å². The molecule has 1 aliphatic heterocycles. The largest absolute Gasteiger partial charge is 0.392 e. The van der Waals surface area contributed by atoms with Crippen LogP contribution in [0, 0.1) is 0 Å². The summed E-state index contributed by atoms with van der Waals surface area (Å²) >= 11 is 0. The third-order valence-electron chi connectivity index (χ3n) is 1.03. The highest BCUT2D eigenvalue weighted by Crippen LogP contribution is 2.08. The van der Waals surface area contributed by atoms with E-state index in [2.05, 4.69) is 11.8 Å². The summed E-state index contributed by atoms with van der Waals surface area (Å²) in [7, 11) is 0. The van der Waals surface area contributed by atoms with E-state index in [1.54, 1.807) is 0 Å². The van der Waals surface area contributed by atoms with Gasteiger partial charge in [-0.1, -0.05) is 4.68 Å². The molecule has 0 aliphatic carbocycles. The van der Waals surface area contributed by atoms with Gasteiger partial charge in [-0.15, -0.1) is 0 Å². The monoisotopic (exact) mass is 146 g/mol. The topological polar surface area (TPSA) is 41.4 Å². The molecule has 3 nitrogen and oxygen atoms in total. The zero-order valence-electron chi connectivity index (χ0n) is 5.09. The first kappa shape index (κ1) is 6.85. The van der Waals surface area contributed by atoms with E-state index in [-0.39, 0.29) is 5.70 Å². The average Bonchev–Trinajstić information content (AvgIpc) is 2.10. The van der Waals surface area contributed by atoms with Crippen LogP contribution in [0.4, 0.5) is 8.78 Å². The standard InChI is InChI=1S/C5H6F2N3/c1-10-2-3(8)4(9-10)5(6)7/h2,5H,1,8H2/q+1. The minimum atomic E-state index is -2.62. The zero-order valence-corrected chi connectivity index (χ0v) is 5.09. The molecule has 0 radical (unpaired) electrons. The molecule has 0 aromatic rings. The lowest BCUT2D eigenvalue weighted by Crippen LogP contribution is -2.16. The van der Waals surface area contributed by atoms with Crippen LogP contribution in [0.1, 0.15) is 0 Å². The number of rotatable bonds is 1. The normalized spacial score (nSPS) is 17.7. The molecule has 1 aliphatic rings. The molecule has 0 bridgehead atoms. The Hall–Kier alpha value is -1.26. The number of nitrogens with zero attached hydrogens (tertiary/aromatic N) is 2. The molecule has 0 saturated heterocycles. The Morgan fingerprint density at radius 2 is 2.30 bits per heavy atom. The Balaban J connectivity index is 2.90. The van der Waals surface area contributed by atoms with Gasteiger partial charge in [0.15, 0.2) is 6.72 Å². The molecule has 1 rings (SSSR count). The SMILES string of the molecule is C=[N+]1C=C(N)C(C(F)F)=N1. The van der Waals surface area contributed by atoms with E-state index >= 15 is 0 Å². The van der Waals surface area contributed by atoms with Crippen LogP contribution < -0.4 is 5.73 Å². The van der Waals surface area contributed by atoms with Gasteiger partial charge in [0.05, 0.1) is 0 Å². The van der Waals surface area contributed by atoms with E-state index in [0.717, 1.165) is 4.68 Å². The molecule has 0 saturated carbocycles. The van der Waals surface area contributed by atoms with Gasteiger partial charge in [0, 0.05) is 5.10 Å². The predicted molar refractivity (Wildman–Crippen MR) is 33.1 cm³/mol. The van der Waals surface area contributed by atoms with Gasteiger partial charge in [0.1, 0.15) is 5.70 Å². The van der Waals surface area contributed by atoms with Gasteiger partial charge in [-0.3, -0.25) is 0 Å². The van der Waals surface area contributed by atoms with E-state index in [0.29, 0.717) is 0 Å². The van der Waals surface area contributed by atoms with Gasteiger partial charge >= 0.3 is 0 Å². The average molecular weight is 146 g/mol. The maximum absolute atomic E-state index is 11.9. The summed E-state index contributed by atoms with van der Waals surface area (Å²) in [5, 5.41) is 3.34. The van der Waals surface area contributed by atoms with Crippen molar-refractivity contribution in [1.82, 2.24) is 0 Å². The van der Waals surface area contributed by atoms with Crippen molar-refractivity contribution in [2.24, 2.45) is 10.8 Å². The summed E-state index contributed by atoms with van der Waals surface area (Å²) in [5.41, 5.74) is 4.71. The summed E-state index contributed by atoms with van der Waals surface area (Å²) < 4.78 is 24.7. The number of halogens is 2. The Morgan fingerprint density at radius 3 is 2.50 bits per heavy atom. The second kappa shape index (κ2) is 2.17. The van der Waals surface area contributed by atoms with Crippen molar-refractivity contribution in [1.29, 1.82) is 0 Å². The highest BCUT2D eigenvalue weighted by molar-refractivity contribution is 6.01. The Morgan fingerprint density at radius 1 is 1.70 bits per heavy atom. The third kappa shape index (κ3) is 1.02. The van der Waals surface area contributed by atoms with Crippen molar-refractivity contribution >= 4 is 12.4 Å². The van der Waals surface area contributed by atoms with Gasteiger partial charge in [0.2, 0.25) is 11.9 Å². The van der Waals surface area contributed by atoms with Gasteiger partial charge in [-0.05, 0) is 0 Å². The highest BCUT2D eigenvalue weighted by Gasteiger charge is 2.26. The summed E-state index contributed by atoms with van der Waals surface area (Å²) in [5.74, 6) is 0. The van der Waals surface area contributed by atoms with Crippen molar-refractivity contribution in [2.75, 3.05) is 0 Å². The Labute approximate surface area is 56.1 Å². The van der Waals surface area contributed by atoms with Gasteiger partial charge in [-0.25, -0.2) is 8.78 Å². The number of alkyl halides is 2. The summed E-state index contributed by atoms with van der Waals surface area (Å²) in [4.78, 5) is 0. The molecule has 10 heavy (non-hydrogen) atoms. The number of nitrogens with two attached hydrogens (primary N) is 1. The molecule has 1 heterocycles. The molecule has 0 amide bonds. The molecular weight excluding hydrogens is 140 g/mol. The zero-order chi connectivity index (χ0) is 7.72. The maximum atomic E-state index is 11.9. The summed E-state index contributed by atoms with van der Waals surface area (Å²) in [6, 6.07) is 0. The fraction of sp³-hybridized carbons (Fsp3) is 0.200. The molecular formula is C5H6F2N3+. The van der Waals surface area contributed by atoms with Crippen molar-refractivity contribution < 1.29 is 13.5 Å². The van der Waals surface area contributed by atoms with E-state index in [1.807, 2.05) is 0 Å². The first-order valence-electron chi connectivity index (χ1n) is 2.55. The lowest BCUT2D eigenvalue weighted by molar-refractivity contribution is -0.449. The number of hydrazone groups is 1. The Bertz CT molecular complexity index is 229. The fourth-order valence-corrected chi connectivity index (χ4v) is 0.621. The number of hydrogen-bond acceptors (Lipinski definition) is 2. The van der Waals surface area contributed by atoms with Crippen molar-refractivity contribution in [3.63, 3.8) is 0 Å². The molecule has 0 fully saturated rings. The van der Waals surface area contributed by atoms with E-state index in [4.69, 9.17) is 5.73 Å². The second-order valence-corrected chi connectivity index (χ2v) is 1.81.